The summed E-state index contributed by atoms with van der Waals surface area (Å²) in [5.74, 6) is 0. The average molecular weight is 231 g/mol. The van der Waals surface area contributed by atoms with Gasteiger partial charge in [0, 0.05) is 5.71 Å². The van der Waals surface area contributed by atoms with E-state index >= 15 is 0 Å². The number of fused-ring (bicyclic) bond motifs is 1. The molecule has 2 nitrogen and oxygen atoms in total. The van der Waals surface area contributed by atoms with Crippen LogP contribution in [0.4, 0.5) is 0 Å². The zero-order valence-corrected chi connectivity index (χ0v) is 10.9. The van der Waals surface area contributed by atoms with Gasteiger partial charge in [0.15, 0.2) is 0 Å². The molecule has 0 spiro atoms. The van der Waals surface area contributed by atoms with Crippen molar-refractivity contribution in [3.8, 4) is 0 Å². The highest BCUT2D eigenvalue weighted by Crippen LogP contribution is 2.24. The summed E-state index contributed by atoms with van der Waals surface area (Å²) in [4.78, 5) is 4.73. The fourth-order valence-corrected chi connectivity index (χ4v) is 2.38. The van der Waals surface area contributed by atoms with E-state index in [-0.39, 0.29) is 0 Å². The molecule has 0 amide bonds. The number of benzene rings is 1. The molecule has 0 radical (unpaired) electrons. The lowest BCUT2D eigenvalue weighted by Crippen LogP contribution is -2.24. The van der Waals surface area contributed by atoms with E-state index in [2.05, 4.69) is 31.2 Å². The van der Waals surface area contributed by atoms with Crippen molar-refractivity contribution in [1.29, 1.82) is 0 Å². The predicted molar refractivity (Wildman–Crippen MR) is 71.7 cm³/mol. The Morgan fingerprint density at radius 3 is 2.76 bits per heavy atom. The lowest BCUT2D eigenvalue weighted by atomic mass is 9.90. The summed E-state index contributed by atoms with van der Waals surface area (Å²) in [7, 11) is 0. The fraction of sp³-hybridized carbons (Fsp3) is 0.533. The molecule has 1 aromatic rings. The van der Waals surface area contributed by atoms with Gasteiger partial charge in [0.2, 0.25) is 0 Å². The molecule has 1 unspecified atom stereocenters. The lowest BCUT2D eigenvalue weighted by molar-refractivity contribution is 0.0667. The van der Waals surface area contributed by atoms with Crippen molar-refractivity contribution in [1.82, 2.24) is 0 Å². The second-order valence-electron chi connectivity index (χ2n) is 5.58. The van der Waals surface area contributed by atoms with Crippen molar-refractivity contribution < 1.29 is 5.11 Å². The van der Waals surface area contributed by atoms with Gasteiger partial charge in [0.05, 0.1) is 11.6 Å². The van der Waals surface area contributed by atoms with Crippen LogP contribution in [0, 0.1) is 0 Å². The standard InChI is InChI=1S/C15H21NO/c1-11-14-7-5-4-6-12(14)10-13(16-11)8-9-15(2,3)17/h4-7,13,17H,8-10H2,1-3H3. The van der Waals surface area contributed by atoms with Crippen LogP contribution in [0.15, 0.2) is 29.3 Å². The van der Waals surface area contributed by atoms with Crippen LogP contribution in [-0.2, 0) is 6.42 Å². The van der Waals surface area contributed by atoms with E-state index in [1.165, 1.54) is 11.1 Å². The summed E-state index contributed by atoms with van der Waals surface area (Å²) in [6.45, 7) is 5.80. The first-order valence-corrected chi connectivity index (χ1v) is 6.31. The minimum Gasteiger partial charge on any atom is -0.390 e. The Kier molecular flexibility index (Phi) is 3.34. The van der Waals surface area contributed by atoms with Gasteiger partial charge in [-0.1, -0.05) is 24.3 Å². The number of aliphatic imine (C=N–C) groups is 1. The Labute approximate surface area is 103 Å². The van der Waals surface area contributed by atoms with E-state index in [0.29, 0.717) is 6.04 Å². The zero-order valence-electron chi connectivity index (χ0n) is 10.9. The molecule has 0 saturated carbocycles. The first kappa shape index (κ1) is 12.3. The topological polar surface area (TPSA) is 32.6 Å². The van der Waals surface area contributed by atoms with Gasteiger partial charge in [-0.25, -0.2) is 0 Å². The molecule has 1 atom stereocenters. The van der Waals surface area contributed by atoms with E-state index in [1.807, 2.05) is 13.8 Å². The average Bonchev–Trinajstić information content (AvgIpc) is 2.26. The third kappa shape index (κ3) is 3.16. The second-order valence-corrected chi connectivity index (χ2v) is 5.58. The quantitative estimate of drug-likeness (QED) is 0.852. The van der Waals surface area contributed by atoms with Crippen LogP contribution in [0.1, 0.15) is 44.7 Å². The third-order valence-corrected chi connectivity index (χ3v) is 3.33. The Morgan fingerprint density at radius 1 is 1.35 bits per heavy atom. The molecule has 0 fully saturated rings. The van der Waals surface area contributed by atoms with E-state index in [1.54, 1.807) is 0 Å². The minimum atomic E-state index is -0.583. The van der Waals surface area contributed by atoms with Crippen molar-refractivity contribution >= 4 is 5.71 Å². The van der Waals surface area contributed by atoms with Gasteiger partial charge in [-0.15, -0.1) is 0 Å². The van der Waals surface area contributed by atoms with Crippen LogP contribution in [0.5, 0.6) is 0 Å². The Hall–Kier alpha value is -1.15. The summed E-state index contributed by atoms with van der Waals surface area (Å²) < 4.78 is 0. The predicted octanol–water partition coefficient (Wildman–Crippen LogP) is 2.97. The van der Waals surface area contributed by atoms with Gasteiger partial charge < -0.3 is 5.11 Å². The second kappa shape index (κ2) is 4.61. The fourth-order valence-electron chi connectivity index (χ4n) is 2.38. The highest BCUT2D eigenvalue weighted by Gasteiger charge is 2.21. The maximum atomic E-state index is 9.76. The maximum Gasteiger partial charge on any atom is 0.0592 e. The molecule has 1 heterocycles. The van der Waals surface area contributed by atoms with Crippen molar-refractivity contribution in [2.24, 2.45) is 4.99 Å². The zero-order chi connectivity index (χ0) is 12.5. The van der Waals surface area contributed by atoms with Gasteiger partial charge >= 0.3 is 0 Å². The molecule has 0 saturated heterocycles. The summed E-state index contributed by atoms with van der Waals surface area (Å²) in [5.41, 5.74) is 3.22. The van der Waals surface area contributed by atoms with Crippen molar-refractivity contribution in [3.05, 3.63) is 35.4 Å². The Bertz CT molecular complexity index is 429. The largest absolute Gasteiger partial charge is 0.390 e. The summed E-state index contributed by atoms with van der Waals surface area (Å²) in [5, 5.41) is 9.76. The van der Waals surface area contributed by atoms with E-state index in [4.69, 9.17) is 4.99 Å². The van der Waals surface area contributed by atoms with Crippen molar-refractivity contribution in [3.63, 3.8) is 0 Å². The van der Waals surface area contributed by atoms with Crippen molar-refractivity contribution in [2.75, 3.05) is 0 Å². The normalized spacial score (nSPS) is 19.8. The smallest absolute Gasteiger partial charge is 0.0592 e. The number of aliphatic hydroxyl groups is 1. The van der Waals surface area contributed by atoms with Gasteiger partial charge in [-0.3, -0.25) is 4.99 Å². The van der Waals surface area contributed by atoms with Crippen LogP contribution < -0.4 is 0 Å². The molecule has 2 rings (SSSR count). The molecule has 0 aliphatic carbocycles. The maximum absolute atomic E-state index is 9.76. The van der Waals surface area contributed by atoms with Crippen LogP contribution in [0.2, 0.25) is 0 Å². The van der Waals surface area contributed by atoms with Crippen LogP contribution in [0.25, 0.3) is 0 Å². The van der Waals surface area contributed by atoms with Gasteiger partial charge in [-0.05, 0) is 51.2 Å². The molecule has 1 aliphatic heterocycles. The molecule has 0 bridgehead atoms. The molecule has 0 aromatic heterocycles. The third-order valence-electron chi connectivity index (χ3n) is 3.33. The highest BCUT2D eigenvalue weighted by atomic mass is 16.3. The van der Waals surface area contributed by atoms with Crippen LogP contribution in [-0.4, -0.2) is 22.5 Å². The SMILES string of the molecule is CC1=NC(CCC(C)(C)O)Cc2ccccc21. The van der Waals surface area contributed by atoms with E-state index in [0.717, 1.165) is 25.0 Å². The highest BCUT2D eigenvalue weighted by molar-refractivity contribution is 6.00. The molecule has 92 valence electrons. The summed E-state index contributed by atoms with van der Waals surface area (Å²) in [6.07, 6.45) is 2.76. The molecule has 17 heavy (non-hydrogen) atoms. The lowest BCUT2D eigenvalue weighted by Gasteiger charge is -2.24. The summed E-state index contributed by atoms with van der Waals surface area (Å²) >= 11 is 0. The van der Waals surface area contributed by atoms with Gasteiger partial charge in [0.25, 0.3) is 0 Å². The molecule has 1 N–H and O–H groups in total. The molecular formula is C15H21NO. The van der Waals surface area contributed by atoms with Gasteiger partial charge in [0.1, 0.15) is 0 Å². The summed E-state index contributed by atoms with van der Waals surface area (Å²) in [6, 6.07) is 8.81. The number of hydrogen-bond acceptors (Lipinski definition) is 2. The Morgan fingerprint density at radius 2 is 2.06 bits per heavy atom. The number of nitrogens with zero attached hydrogens (tertiary/aromatic N) is 1. The Balaban J connectivity index is 2.09. The van der Waals surface area contributed by atoms with Crippen molar-refractivity contribution in [2.45, 2.75) is 51.7 Å². The van der Waals surface area contributed by atoms with Gasteiger partial charge in [-0.2, -0.15) is 0 Å². The molecular weight excluding hydrogens is 210 g/mol. The van der Waals surface area contributed by atoms with Crippen LogP contribution in [0.3, 0.4) is 0 Å². The first-order valence-electron chi connectivity index (χ1n) is 6.31. The number of rotatable bonds is 3. The minimum absolute atomic E-state index is 0.330. The first-order chi connectivity index (χ1) is 7.96. The van der Waals surface area contributed by atoms with E-state index < -0.39 is 5.60 Å². The number of hydrogen-bond donors (Lipinski definition) is 1. The molecule has 2 heteroatoms. The van der Waals surface area contributed by atoms with E-state index in [9.17, 15) is 5.11 Å². The molecule has 1 aliphatic rings. The monoisotopic (exact) mass is 231 g/mol. The van der Waals surface area contributed by atoms with Crippen LogP contribution >= 0.6 is 0 Å². The molecule has 1 aromatic carbocycles.